The summed E-state index contributed by atoms with van der Waals surface area (Å²) in [6.45, 7) is 5.28. The molecule has 1 aromatic rings. The van der Waals surface area contributed by atoms with Crippen molar-refractivity contribution in [3.63, 3.8) is 0 Å². The Kier molecular flexibility index (Phi) is 5.60. The van der Waals surface area contributed by atoms with Crippen molar-refractivity contribution in [1.82, 2.24) is 9.88 Å². The summed E-state index contributed by atoms with van der Waals surface area (Å²) in [5.74, 6) is 0.739. The number of aromatic nitrogens is 1. The number of carbonyl (C=O) groups excluding carboxylic acids is 1. The molecule has 0 bridgehead atoms. The molecule has 21 heavy (non-hydrogen) atoms. The van der Waals surface area contributed by atoms with E-state index < -0.39 is 12.0 Å². The normalized spacial score (nSPS) is 19.4. The number of nitrogens with zero attached hydrogens (tertiary/aromatic N) is 3. The smallest absolute Gasteiger partial charge is 0.321 e. The van der Waals surface area contributed by atoms with Crippen LogP contribution in [-0.4, -0.2) is 57.5 Å². The highest BCUT2D eigenvalue weighted by Crippen LogP contribution is 2.24. The van der Waals surface area contributed by atoms with Crippen LogP contribution in [-0.2, 0) is 16.1 Å². The highest BCUT2D eigenvalue weighted by Gasteiger charge is 2.29. The summed E-state index contributed by atoms with van der Waals surface area (Å²) in [6.07, 6.45) is 0. The minimum atomic E-state index is -0.781. The molecule has 1 N–H and O–H groups in total. The Morgan fingerprint density at radius 3 is 2.95 bits per heavy atom. The van der Waals surface area contributed by atoms with Crippen LogP contribution in [0.4, 0.5) is 5.13 Å². The molecule has 1 saturated heterocycles. The van der Waals surface area contributed by atoms with Gasteiger partial charge in [-0.3, -0.25) is 19.4 Å². The molecule has 1 amide bonds. The van der Waals surface area contributed by atoms with E-state index in [1.54, 1.807) is 16.7 Å². The lowest BCUT2D eigenvalue weighted by molar-refractivity contribution is -0.142. The Morgan fingerprint density at radius 1 is 1.57 bits per heavy atom. The third-order valence-electron chi connectivity index (χ3n) is 3.36. The van der Waals surface area contributed by atoms with E-state index in [2.05, 4.69) is 4.98 Å². The quantitative estimate of drug-likeness (QED) is 0.883. The molecule has 2 rings (SSSR count). The molecule has 2 heterocycles. The van der Waals surface area contributed by atoms with Crippen molar-refractivity contribution in [3.05, 3.63) is 11.1 Å². The number of carboxylic acid groups (broad SMARTS) is 1. The van der Waals surface area contributed by atoms with Crippen LogP contribution in [0.2, 0.25) is 0 Å². The molecule has 1 atom stereocenters. The Hall–Kier alpha value is -1.12. The van der Waals surface area contributed by atoms with Gasteiger partial charge in [0.2, 0.25) is 5.91 Å². The highest BCUT2D eigenvalue weighted by atomic mass is 32.2. The molecule has 1 aromatic heterocycles. The van der Waals surface area contributed by atoms with Gasteiger partial charge in [0.15, 0.2) is 5.13 Å². The van der Waals surface area contributed by atoms with Crippen LogP contribution >= 0.6 is 23.1 Å². The summed E-state index contributed by atoms with van der Waals surface area (Å²) in [4.78, 5) is 30.8. The van der Waals surface area contributed by atoms with Crippen LogP contribution in [0, 0.1) is 0 Å². The Bertz CT molecular complexity index is 521. The first-order valence-corrected chi connectivity index (χ1v) is 8.83. The summed E-state index contributed by atoms with van der Waals surface area (Å²) in [7, 11) is 0. The molecule has 1 unspecified atom stereocenters. The fourth-order valence-electron chi connectivity index (χ4n) is 2.25. The minimum Gasteiger partial charge on any atom is -0.480 e. The average molecular weight is 329 g/mol. The molecule has 1 fully saturated rings. The first-order valence-electron chi connectivity index (χ1n) is 6.80. The Balaban J connectivity index is 2.07. The van der Waals surface area contributed by atoms with Gasteiger partial charge in [-0.1, -0.05) is 0 Å². The van der Waals surface area contributed by atoms with Crippen LogP contribution in [0.25, 0.3) is 0 Å². The van der Waals surface area contributed by atoms with Gasteiger partial charge in [-0.05, 0) is 6.92 Å². The van der Waals surface area contributed by atoms with E-state index in [0.717, 1.165) is 18.0 Å². The first kappa shape index (κ1) is 16.3. The van der Waals surface area contributed by atoms with Crippen molar-refractivity contribution < 1.29 is 14.7 Å². The zero-order chi connectivity index (χ0) is 15.4. The molecule has 1 aliphatic heterocycles. The van der Waals surface area contributed by atoms with Crippen molar-refractivity contribution >= 4 is 40.1 Å². The number of amides is 1. The number of thiazole rings is 1. The van der Waals surface area contributed by atoms with Gasteiger partial charge in [0.05, 0.1) is 5.69 Å². The molecule has 116 valence electrons. The Labute approximate surface area is 132 Å². The van der Waals surface area contributed by atoms with Crippen LogP contribution in [0.5, 0.6) is 0 Å². The van der Waals surface area contributed by atoms with E-state index in [9.17, 15) is 14.7 Å². The maximum absolute atomic E-state index is 11.5. The van der Waals surface area contributed by atoms with Gasteiger partial charge in [0, 0.05) is 43.4 Å². The van der Waals surface area contributed by atoms with E-state index in [1.807, 2.05) is 17.2 Å². The summed E-state index contributed by atoms with van der Waals surface area (Å²) < 4.78 is 0. The molecule has 0 aliphatic carbocycles. The van der Waals surface area contributed by atoms with Crippen molar-refractivity contribution in [2.75, 3.05) is 29.5 Å². The molecule has 1 aliphatic rings. The van der Waals surface area contributed by atoms with Gasteiger partial charge in [-0.25, -0.2) is 4.98 Å². The zero-order valence-corrected chi connectivity index (χ0v) is 13.7. The highest BCUT2D eigenvalue weighted by molar-refractivity contribution is 7.99. The van der Waals surface area contributed by atoms with Crippen LogP contribution in [0.15, 0.2) is 5.38 Å². The van der Waals surface area contributed by atoms with Gasteiger partial charge in [-0.15, -0.1) is 11.3 Å². The number of hydrogen-bond acceptors (Lipinski definition) is 6. The van der Waals surface area contributed by atoms with Crippen LogP contribution in [0.3, 0.4) is 0 Å². The molecule has 0 saturated carbocycles. The number of thioether (sulfide) groups is 1. The van der Waals surface area contributed by atoms with Crippen molar-refractivity contribution in [2.45, 2.75) is 26.4 Å². The predicted octanol–water partition coefficient (Wildman–Crippen LogP) is 1.52. The number of carbonyl (C=O) groups is 2. The van der Waals surface area contributed by atoms with E-state index in [0.29, 0.717) is 24.0 Å². The summed E-state index contributed by atoms with van der Waals surface area (Å²) in [5.41, 5.74) is 0.827. The van der Waals surface area contributed by atoms with E-state index in [1.165, 1.54) is 18.3 Å². The molecule has 0 spiro atoms. The van der Waals surface area contributed by atoms with Crippen LogP contribution < -0.4 is 4.90 Å². The maximum Gasteiger partial charge on any atom is 0.321 e. The Morgan fingerprint density at radius 2 is 2.33 bits per heavy atom. The predicted molar refractivity (Wildman–Crippen MR) is 85.0 cm³/mol. The fourth-order valence-corrected chi connectivity index (χ4v) is 4.28. The summed E-state index contributed by atoms with van der Waals surface area (Å²) in [5, 5.41) is 11.8. The van der Waals surface area contributed by atoms with Crippen molar-refractivity contribution in [2.24, 2.45) is 0 Å². The minimum absolute atomic E-state index is 0.0313. The van der Waals surface area contributed by atoms with Gasteiger partial charge in [0.1, 0.15) is 6.04 Å². The largest absolute Gasteiger partial charge is 0.480 e. The molecular weight excluding hydrogens is 310 g/mol. The standard InChI is InChI=1S/C13H19N3O3S2/c1-3-16(9(2)17)13-14-10(7-21-13)6-15-4-5-20-8-11(15)12(18)19/h7,11H,3-6,8H2,1-2H3,(H,18,19). The number of aliphatic carboxylic acids is 1. The van der Waals surface area contributed by atoms with Crippen molar-refractivity contribution in [1.29, 1.82) is 0 Å². The SMILES string of the molecule is CCN(C(C)=O)c1nc(CN2CCSCC2C(=O)O)cs1. The molecule has 6 nitrogen and oxygen atoms in total. The van der Waals surface area contributed by atoms with Crippen LogP contribution in [0.1, 0.15) is 19.5 Å². The van der Waals surface area contributed by atoms with Gasteiger partial charge < -0.3 is 5.11 Å². The molecule has 8 heteroatoms. The second-order valence-corrected chi connectivity index (χ2v) is 6.77. The first-order chi connectivity index (χ1) is 10.0. The zero-order valence-electron chi connectivity index (χ0n) is 12.1. The second kappa shape index (κ2) is 7.24. The molecule has 0 aromatic carbocycles. The third kappa shape index (κ3) is 3.96. The topological polar surface area (TPSA) is 73.7 Å². The summed E-state index contributed by atoms with van der Waals surface area (Å²) >= 11 is 3.09. The fraction of sp³-hybridized carbons (Fsp3) is 0.615. The van der Waals surface area contributed by atoms with Gasteiger partial charge in [-0.2, -0.15) is 11.8 Å². The number of hydrogen-bond donors (Lipinski definition) is 1. The van der Waals surface area contributed by atoms with Gasteiger partial charge in [0.25, 0.3) is 0 Å². The molecular formula is C13H19N3O3S2. The lowest BCUT2D eigenvalue weighted by Gasteiger charge is -2.31. The second-order valence-electron chi connectivity index (χ2n) is 4.78. The lowest BCUT2D eigenvalue weighted by atomic mass is 10.2. The third-order valence-corrected chi connectivity index (χ3v) is 5.29. The van der Waals surface area contributed by atoms with E-state index >= 15 is 0 Å². The number of rotatable bonds is 5. The van der Waals surface area contributed by atoms with Gasteiger partial charge >= 0.3 is 5.97 Å². The number of anilines is 1. The molecule has 0 radical (unpaired) electrons. The monoisotopic (exact) mass is 329 g/mol. The summed E-state index contributed by atoms with van der Waals surface area (Å²) in [6, 6.07) is -0.455. The van der Waals surface area contributed by atoms with E-state index in [-0.39, 0.29) is 5.91 Å². The average Bonchev–Trinajstić information content (AvgIpc) is 2.87. The lowest BCUT2D eigenvalue weighted by Crippen LogP contribution is -2.46. The van der Waals surface area contributed by atoms with E-state index in [4.69, 9.17) is 0 Å². The maximum atomic E-state index is 11.5. The van der Waals surface area contributed by atoms with Crippen molar-refractivity contribution in [3.8, 4) is 0 Å². The number of carboxylic acids is 1.